The van der Waals surface area contributed by atoms with E-state index in [1.807, 2.05) is 7.05 Å². The topological polar surface area (TPSA) is 52.5 Å². The van der Waals surface area contributed by atoms with Crippen molar-refractivity contribution in [1.29, 1.82) is 0 Å². The van der Waals surface area contributed by atoms with Crippen molar-refractivity contribution in [2.45, 2.75) is 46.5 Å². The number of guanidine groups is 1. The lowest BCUT2D eigenvalue weighted by molar-refractivity contribution is 0.187. The largest absolute Gasteiger partial charge is 0.356 e. The highest BCUT2D eigenvalue weighted by atomic mass is 127. The maximum atomic E-state index is 4.58. The quantitative estimate of drug-likeness (QED) is 0.358. The molecular weight excluding hydrogens is 445 g/mol. The molecule has 7 heteroatoms. The van der Waals surface area contributed by atoms with Gasteiger partial charge in [0, 0.05) is 31.4 Å². The van der Waals surface area contributed by atoms with Crippen LogP contribution in [-0.4, -0.2) is 55.6 Å². The predicted molar refractivity (Wildman–Crippen MR) is 120 cm³/mol. The van der Waals surface area contributed by atoms with E-state index in [2.05, 4.69) is 46.3 Å². The van der Waals surface area contributed by atoms with Crippen LogP contribution in [-0.2, 0) is 6.42 Å². The first-order valence-electron chi connectivity index (χ1n) is 9.22. The van der Waals surface area contributed by atoms with Crippen LogP contribution in [0.25, 0.3) is 0 Å². The van der Waals surface area contributed by atoms with Crippen molar-refractivity contribution in [3.8, 4) is 0 Å². The summed E-state index contributed by atoms with van der Waals surface area (Å²) >= 11 is 1.80. The first kappa shape index (κ1) is 22.6. The normalized spacial score (nSPS) is 16.6. The van der Waals surface area contributed by atoms with Gasteiger partial charge in [0.1, 0.15) is 0 Å². The third kappa shape index (κ3) is 7.78. The van der Waals surface area contributed by atoms with Gasteiger partial charge in [0.15, 0.2) is 5.96 Å². The van der Waals surface area contributed by atoms with E-state index >= 15 is 0 Å². The van der Waals surface area contributed by atoms with E-state index in [9.17, 15) is 0 Å². The lowest BCUT2D eigenvalue weighted by Gasteiger charge is -2.31. The number of aliphatic imine (C=N–C) groups is 1. The Hall–Kier alpha value is -0.410. The van der Waals surface area contributed by atoms with E-state index in [1.165, 1.54) is 48.8 Å². The number of thiazole rings is 1. The maximum absolute atomic E-state index is 4.58. The Morgan fingerprint density at radius 3 is 2.48 bits per heavy atom. The number of hydrogen-bond donors (Lipinski definition) is 2. The Balaban J connectivity index is 0.00000312. The number of aromatic nitrogens is 1. The van der Waals surface area contributed by atoms with Crippen molar-refractivity contribution in [2.24, 2.45) is 10.9 Å². The highest BCUT2D eigenvalue weighted by Gasteiger charge is 2.17. The van der Waals surface area contributed by atoms with Crippen LogP contribution in [0, 0.1) is 19.8 Å². The first-order chi connectivity index (χ1) is 11.6. The highest BCUT2D eigenvalue weighted by Crippen LogP contribution is 2.19. The Labute approximate surface area is 174 Å². The minimum absolute atomic E-state index is 0. The van der Waals surface area contributed by atoms with E-state index < -0.39 is 0 Å². The summed E-state index contributed by atoms with van der Waals surface area (Å²) in [7, 11) is 1.84. The molecule has 2 N–H and O–H groups in total. The molecule has 1 aromatic heterocycles. The van der Waals surface area contributed by atoms with Crippen molar-refractivity contribution >= 4 is 41.3 Å². The number of rotatable bonds is 7. The van der Waals surface area contributed by atoms with Crippen LogP contribution in [0.15, 0.2) is 4.99 Å². The fraction of sp³-hybridized carbons (Fsp3) is 0.778. The minimum atomic E-state index is 0. The summed E-state index contributed by atoms with van der Waals surface area (Å²) in [6, 6.07) is 0. The third-order valence-electron chi connectivity index (χ3n) is 4.93. The van der Waals surface area contributed by atoms with Crippen molar-refractivity contribution in [1.82, 2.24) is 20.5 Å². The monoisotopic (exact) mass is 479 g/mol. The first-order valence-corrected chi connectivity index (χ1v) is 10.0. The molecule has 0 atom stereocenters. The summed E-state index contributed by atoms with van der Waals surface area (Å²) in [4.78, 5) is 12.8. The summed E-state index contributed by atoms with van der Waals surface area (Å²) in [5.74, 6) is 1.77. The zero-order valence-electron chi connectivity index (χ0n) is 16.1. The highest BCUT2D eigenvalue weighted by molar-refractivity contribution is 14.0. The van der Waals surface area contributed by atoms with Gasteiger partial charge in [0.2, 0.25) is 0 Å². The maximum Gasteiger partial charge on any atom is 0.190 e. The van der Waals surface area contributed by atoms with Crippen molar-refractivity contribution in [3.05, 3.63) is 15.6 Å². The van der Waals surface area contributed by atoms with Gasteiger partial charge in [-0.15, -0.1) is 35.3 Å². The van der Waals surface area contributed by atoms with Crippen LogP contribution in [0.3, 0.4) is 0 Å². The molecule has 2 rings (SSSR count). The Morgan fingerprint density at radius 1 is 1.24 bits per heavy atom. The average molecular weight is 479 g/mol. The van der Waals surface area contributed by atoms with E-state index in [0.29, 0.717) is 0 Å². The zero-order valence-corrected chi connectivity index (χ0v) is 19.2. The number of piperidine rings is 1. The lowest BCUT2D eigenvalue weighted by Crippen LogP contribution is -2.40. The minimum Gasteiger partial charge on any atom is -0.356 e. The van der Waals surface area contributed by atoms with Crippen LogP contribution < -0.4 is 10.6 Å². The molecule has 1 aliphatic rings. The zero-order chi connectivity index (χ0) is 17.4. The molecule has 0 aliphatic carbocycles. The van der Waals surface area contributed by atoms with E-state index in [4.69, 9.17) is 0 Å². The van der Waals surface area contributed by atoms with Crippen LogP contribution >= 0.6 is 35.3 Å². The second kappa shape index (κ2) is 12.1. The van der Waals surface area contributed by atoms with Crippen molar-refractivity contribution in [2.75, 3.05) is 39.8 Å². The number of aryl methyl sites for hydroxylation is 2. The second-order valence-electron chi connectivity index (χ2n) is 6.59. The third-order valence-corrected chi connectivity index (χ3v) is 6.06. The molecule has 144 valence electrons. The number of nitrogens with zero attached hydrogens (tertiary/aromatic N) is 3. The number of hydrogen-bond acceptors (Lipinski definition) is 4. The molecule has 0 saturated carbocycles. The van der Waals surface area contributed by atoms with Gasteiger partial charge in [-0.3, -0.25) is 4.99 Å². The summed E-state index contributed by atoms with van der Waals surface area (Å²) in [5.41, 5.74) is 1.16. The number of likely N-dealkylation sites (tertiary alicyclic amines) is 1. The van der Waals surface area contributed by atoms with Gasteiger partial charge in [0.05, 0.1) is 10.7 Å². The van der Waals surface area contributed by atoms with Gasteiger partial charge in [-0.25, -0.2) is 4.98 Å². The fourth-order valence-corrected chi connectivity index (χ4v) is 4.07. The van der Waals surface area contributed by atoms with Gasteiger partial charge in [-0.05, 0) is 58.7 Å². The summed E-state index contributed by atoms with van der Waals surface area (Å²) in [6.07, 6.45) is 4.87. The van der Waals surface area contributed by atoms with Crippen molar-refractivity contribution in [3.63, 3.8) is 0 Å². The fourth-order valence-electron chi connectivity index (χ4n) is 3.14. The molecule has 0 radical (unpaired) electrons. The lowest BCUT2D eigenvalue weighted by atomic mass is 9.93. The SMILES string of the molecule is CCN1CCC(CCNC(=NC)NCCc2nc(C)c(C)s2)CC1.I. The molecule has 1 saturated heterocycles. The Morgan fingerprint density at radius 2 is 1.92 bits per heavy atom. The predicted octanol–water partition coefficient (Wildman–Crippen LogP) is 3.21. The Kier molecular flexibility index (Phi) is 10.9. The smallest absolute Gasteiger partial charge is 0.190 e. The molecule has 2 heterocycles. The van der Waals surface area contributed by atoms with Gasteiger partial charge >= 0.3 is 0 Å². The van der Waals surface area contributed by atoms with E-state index in [1.54, 1.807) is 11.3 Å². The molecule has 1 aromatic rings. The van der Waals surface area contributed by atoms with Crippen LogP contribution in [0.5, 0.6) is 0 Å². The average Bonchev–Trinajstić information content (AvgIpc) is 2.92. The molecule has 0 spiro atoms. The van der Waals surface area contributed by atoms with Crippen molar-refractivity contribution < 1.29 is 0 Å². The molecule has 25 heavy (non-hydrogen) atoms. The van der Waals surface area contributed by atoms with Gasteiger partial charge in [-0.1, -0.05) is 6.92 Å². The van der Waals surface area contributed by atoms with Gasteiger partial charge < -0.3 is 15.5 Å². The number of halogens is 1. The second-order valence-corrected chi connectivity index (χ2v) is 7.88. The molecule has 0 aromatic carbocycles. The van der Waals surface area contributed by atoms with Crippen LogP contribution in [0.1, 0.15) is 41.8 Å². The molecular formula is C18H34IN5S. The molecule has 5 nitrogen and oxygen atoms in total. The Bertz CT molecular complexity index is 504. The standard InChI is InChI=1S/C18H33N5S.HI/c1-5-23-12-8-16(9-13-23)6-10-20-18(19-4)21-11-7-17-22-14(2)15(3)24-17;/h16H,5-13H2,1-4H3,(H2,19,20,21);1H. The van der Waals surface area contributed by atoms with Gasteiger partial charge in [-0.2, -0.15) is 0 Å². The van der Waals surface area contributed by atoms with E-state index in [-0.39, 0.29) is 24.0 Å². The van der Waals surface area contributed by atoms with Crippen LogP contribution in [0.2, 0.25) is 0 Å². The number of nitrogens with one attached hydrogen (secondary N) is 2. The molecule has 0 amide bonds. The molecule has 1 fully saturated rings. The van der Waals surface area contributed by atoms with Gasteiger partial charge in [0.25, 0.3) is 0 Å². The molecule has 1 aliphatic heterocycles. The summed E-state index contributed by atoms with van der Waals surface area (Å²) in [6.45, 7) is 12.1. The molecule has 0 unspecified atom stereocenters. The van der Waals surface area contributed by atoms with E-state index in [0.717, 1.165) is 37.1 Å². The molecule has 0 bridgehead atoms. The summed E-state index contributed by atoms with van der Waals surface area (Å²) in [5, 5.41) is 8.06. The summed E-state index contributed by atoms with van der Waals surface area (Å²) < 4.78 is 0. The van der Waals surface area contributed by atoms with Crippen LogP contribution in [0.4, 0.5) is 0 Å².